The Morgan fingerprint density at radius 1 is 1.08 bits per heavy atom. The number of sulfonamides is 1. The largest absolute Gasteiger partial charge is 0.276 e. The van der Waals surface area contributed by atoms with Crippen molar-refractivity contribution in [3.63, 3.8) is 0 Å². The predicted octanol–water partition coefficient (Wildman–Crippen LogP) is 2.57. The summed E-state index contributed by atoms with van der Waals surface area (Å²) in [5, 5.41) is 8.41. The van der Waals surface area contributed by atoms with Crippen molar-refractivity contribution in [3.05, 3.63) is 59.7 Å². The van der Waals surface area contributed by atoms with Gasteiger partial charge in [0, 0.05) is 18.9 Å². The molecule has 0 bridgehead atoms. The molecule has 0 aliphatic rings. The molecule has 0 saturated carbocycles. The number of nitrogens with one attached hydrogen (secondary N) is 1. The molecule has 0 amide bonds. The van der Waals surface area contributed by atoms with Gasteiger partial charge in [0.15, 0.2) is 0 Å². The van der Waals surface area contributed by atoms with Gasteiger partial charge in [-0.1, -0.05) is 29.8 Å². The lowest BCUT2D eigenvalue weighted by Gasteiger charge is -2.04. The van der Waals surface area contributed by atoms with E-state index in [2.05, 4.69) is 14.9 Å². The molecule has 1 aromatic carbocycles. The lowest BCUT2D eigenvalue weighted by Crippen LogP contribution is -2.13. The average Bonchev–Trinajstić information content (AvgIpc) is 3.16. The first-order valence-electron chi connectivity index (χ1n) is 8.02. The maximum atomic E-state index is 12.6. The molecule has 25 heavy (non-hydrogen) atoms. The summed E-state index contributed by atoms with van der Waals surface area (Å²) in [5.41, 5.74) is 3.20. The van der Waals surface area contributed by atoms with Crippen LogP contribution in [0.1, 0.15) is 23.7 Å². The maximum absolute atomic E-state index is 12.6. The second-order valence-corrected chi connectivity index (χ2v) is 7.60. The normalized spacial score (nSPS) is 11.6. The third-order valence-corrected chi connectivity index (χ3v) is 5.35. The Hall–Kier alpha value is -2.61. The van der Waals surface area contributed by atoms with Crippen molar-refractivity contribution in [2.75, 3.05) is 4.72 Å². The quantitative estimate of drug-likeness (QED) is 0.733. The van der Waals surface area contributed by atoms with Crippen LogP contribution in [0, 0.1) is 13.8 Å². The highest BCUT2D eigenvalue weighted by atomic mass is 32.2. The summed E-state index contributed by atoms with van der Waals surface area (Å²) in [6, 6.07) is 8.14. The van der Waals surface area contributed by atoms with Gasteiger partial charge >= 0.3 is 0 Å². The van der Waals surface area contributed by atoms with Gasteiger partial charge in [0.25, 0.3) is 10.0 Å². The topological polar surface area (TPSA) is 81.8 Å². The van der Waals surface area contributed by atoms with E-state index >= 15 is 0 Å². The molecule has 1 N–H and O–H groups in total. The van der Waals surface area contributed by atoms with Crippen molar-refractivity contribution in [3.8, 4) is 0 Å². The van der Waals surface area contributed by atoms with E-state index in [0.29, 0.717) is 24.5 Å². The number of aromatic nitrogens is 4. The molecule has 3 aromatic rings. The van der Waals surface area contributed by atoms with E-state index in [-0.39, 0.29) is 4.90 Å². The van der Waals surface area contributed by atoms with Crippen LogP contribution in [0.25, 0.3) is 0 Å². The van der Waals surface area contributed by atoms with Gasteiger partial charge in [-0.05, 0) is 26.3 Å². The predicted molar refractivity (Wildman–Crippen MR) is 96.0 cm³/mol. The zero-order chi connectivity index (χ0) is 18.0. The van der Waals surface area contributed by atoms with Crippen LogP contribution < -0.4 is 4.72 Å². The van der Waals surface area contributed by atoms with E-state index < -0.39 is 10.0 Å². The fourth-order valence-corrected chi connectivity index (χ4v) is 3.73. The van der Waals surface area contributed by atoms with E-state index in [1.54, 1.807) is 22.5 Å². The van der Waals surface area contributed by atoms with Crippen LogP contribution in [0.15, 0.2) is 47.8 Å². The van der Waals surface area contributed by atoms with Crippen molar-refractivity contribution >= 4 is 15.7 Å². The van der Waals surface area contributed by atoms with Crippen LogP contribution in [-0.2, 0) is 23.1 Å². The second kappa shape index (κ2) is 6.72. The molecule has 132 valence electrons. The number of hydrogen-bond donors (Lipinski definition) is 1. The standard InChI is InChI=1S/C17H21N5O2S/c1-4-21-12-17(14(3)19-21)25(23,24)20-16-9-18-22(11-16)10-15-7-5-13(2)6-8-15/h5-9,11-12,20H,4,10H2,1-3H3. The maximum Gasteiger partial charge on any atom is 0.265 e. The van der Waals surface area contributed by atoms with Gasteiger partial charge in [-0.3, -0.25) is 14.1 Å². The molecule has 2 heterocycles. The molecule has 0 spiro atoms. The second-order valence-electron chi connectivity index (χ2n) is 5.95. The number of anilines is 1. The molecule has 2 aromatic heterocycles. The number of hydrogen-bond acceptors (Lipinski definition) is 4. The Morgan fingerprint density at radius 3 is 2.44 bits per heavy atom. The Labute approximate surface area is 147 Å². The molecule has 0 radical (unpaired) electrons. The van der Waals surface area contributed by atoms with Crippen LogP contribution >= 0.6 is 0 Å². The summed E-state index contributed by atoms with van der Waals surface area (Å²) in [7, 11) is -3.69. The van der Waals surface area contributed by atoms with Gasteiger partial charge in [-0.25, -0.2) is 8.42 Å². The van der Waals surface area contributed by atoms with Gasteiger partial charge in [0.1, 0.15) is 4.90 Å². The zero-order valence-electron chi connectivity index (χ0n) is 14.5. The van der Waals surface area contributed by atoms with Crippen LogP contribution in [0.2, 0.25) is 0 Å². The molecule has 7 nitrogen and oxygen atoms in total. The summed E-state index contributed by atoms with van der Waals surface area (Å²) < 4.78 is 31.0. The minimum absolute atomic E-state index is 0.181. The molecule has 0 fully saturated rings. The Bertz CT molecular complexity index is 971. The molecule has 0 saturated heterocycles. The summed E-state index contributed by atoms with van der Waals surface area (Å²) in [6.45, 7) is 6.82. The smallest absolute Gasteiger partial charge is 0.265 e. The number of rotatable bonds is 6. The van der Waals surface area contributed by atoms with Crippen molar-refractivity contribution in [2.24, 2.45) is 0 Å². The zero-order valence-corrected chi connectivity index (χ0v) is 15.3. The van der Waals surface area contributed by atoms with Gasteiger partial charge in [0.2, 0.25) is 0 Å². The van der Waals surface area contributed by atoms with Crippen LogP contribution in [0.5, 0.6) is 0 Å². The van der Waals surface area contributed by atoms with E-state index in [1.165, 1.54) is 18.0 Å². The Morgan fingerprint density at radius 2 is 1.80 bits per heavy atom. The van der Waals surface area contributed by atoms with Crippen molar-refractivity contribution in [1.29, 1.82) is 0 Å². The van der Waals surface area contributed by atoms with E-state index in [0.717, 1.165) is 5.56 Å². The van der Waals surface area contributed by atoms with E-state index in [4.69, 9.17) is 0 Å². The highest BCUT2D eigenvalue weighted by molar-refractivity contribution is 7.92. The highest BCUT2D eigenvalue weighted by Gasteiger charge is 2.20. The van der Waals surface area contributed by atoms with Crippen LogP contribution in [-0.4, -0.2) is 28.0 Å². The van der Waals surface area contributed by atoms with Gasteiger partial charge in [0.05, 0.1) is 24.1 Å². The number of aryl methyl sites for hydroxylation is 3. The van der Waals surface area contributed by atoms with E-state index in [1.807, 2.05) is 38.1 Å². The lowest BCUT2D eigenvalue weighted by atomic mass is 10.1. The monoisotopic (exact) mass is 359 g/mol. The summed E-state index contributed by atoms with van der Waals surface area (Å²) >= 11 is 0. The minimum Gasteiger partial charge on any atom is -0.276 e. The first-order chi connectivity index (χ1) is 11.9. The first kappa shape index (κ1) is 17.2. The lowest BCUT2D eigenvalue weighted by molar-refractivity contribution is 0.600. The van der Waals surface area contributed by atoms with Crippen molar-refractivity contribution in [1.82, 2.24) is 19.6 Å². The molecule has 0 aliphatic carbocycles. The number of nitrogens with zero attached hydrogens (tertiary/aromatic N) is 4. The molecule has 8 heteroatoms. The Kier molecular flexibility index (Phi) is 4.63. The highest BCUT2D eigenvalue weighted by Crippen LogP contribution is 2.18. The summed E-state index contributed by atoms with van der Waals surface area (Å²) in [5.74, 6) is 0. The molecule has 0 unspecified atom stereocenters. The summed E-state index contributed by atoms with van der Waals surface area (Å²) in [4.78, 5) is 0.181. The SMILES string of the molecule is CCn1cc(S(=O)(=O)Nc2cnn(Cc3ccc(C)cc3)c2)c(C)n1. The third kappa shape index (κ3) is 3.90. The molecular formula is C17H21N5O2S. The van der Waals surface area contributed by atoms with E-state index in [9.17, 15) is 8.42 Å². The van der Waals surface area contributed by atoms with Crippen LogP contribution in [0.4, 0.5) is 5.69 Å². The molecule has 0 atom stereocenters. The molecular weight excluding hydrogens is 338 g/mol. The molecule has 3 rings (SSSR count). The van der Waals surface area contributed by atoms with Gasteiger partial charge in [-0.15, -0.1) is 0 Å². The number of benzene rings is 1. The van der Waals surface area contributed by atoms with Crippen molar-refractivity contribution < 1.29 is 8.42 Å². The fourth-order valence-electron chi connectivity index (χ4n) is 2.52. The van der Waals surface area contributed by atoms with Gasteiger partial charge in [-0.2, -0.15) is 10.2 Å². The average molecular weight is 359 g/mol. The minimum atomic E-state index is -3.69. The summed E-state index contributed by atoms with van der Waals surface area (Å²) in [6.07, 6.45) is 4.72. The Balaban J connectivity index is 1.76. The molecule has 0 aliphatic heterocycles. The first-order valence-corrected chi connectivity index (χ1v) is 9.50. The van der Waals surface area contributed by atoms with Crippen LogP contribution in [0.3, 0.4) is 0 Å². The fraction of sp³-hybridized carbons (Fsp3) is 0.294. The van der Waals surface area contributed by atoms with Gasteiger partial charge < -0.3 is 0 Å². The third-order valence-electron chi connectivity index (χ3n) is 3.87. The van der Waals surface area contributed by atoms with Crippen molar-refractivity contribution in [2.45, 2.75) is 38.8 Å².